The molecule has 0 aliphatic carbocycles. The van der Waals surface area contributed by atoms with Crippen LogP contribution in [0.2, 0.25) is 0 Å². The van der Waals surface area contributed by atoms with Gasteiger partial charge in [-0.15, -0.1) is 0 Å². The molecular formula is C12H14BrN3O2. The van der Waals surface area contributed by atoms with E-state index in [9.17, 15) is 0 Å². The Morgan fingerprint density at radius 2 is 1.83 bits per heavy atom. The number of anilines is 1. The third-order valence-electron chi connectivity index (χ3n) is 2.75. The summed E-state index contributed by atoms with van der Waals surface area (Å²) >= 11 is 3.42. The minimum absolute atomic E-state index is 0.581. The van der Waals surface area contributed by atoms with Gasteiger partial charge in [0, 0.05) is 18.2 Å². The average Bonchev–Trinajstić information content (AvgIpc) is 2.70. The van der Waals surface area contributed by atoms with Gasteiger partial charge in [-0.2, -0.15) is 5.10 Å². The van der Waals surface area contributed by atoms with Crippen LogP contribution in [0.5, 0.6) is 11.5 Å². The number of nitrogens with two attached hydrogens (primary N) is 1. The number of hydrogen-bond donors (Lipinski definition) is 1. The highest BCUT2D eigenvalue weighted by Gasteiger charge is 2.15. The summed E-state index contributed by atoms with van der Waals surface area (Å²) in [5, 5.41) is 4.13. The minimum atomic E-state index is 0.581. The van der Waals surface area contributed by atoms with Crippen molar-refractivity contribution in [2.24, 2.45) is 7.05 Å². The number of hydrogen-bond acceptors (Lipinski definition) is 4. The number of aromatic nitrogens is 2. The zero-order chi connectivity index (χ0) is 13.3. The molecule has 0 bridgehead atoms. The van der Waals surface area contributed by atoms with E-state index in [4.69, 9.17) is 15.2 Å². The van der Waals surface area contributed by atoms with Gasteiger partial charge in [-0.3, -0.25) is 4.68 Å². The molecule has 0 unspecified atom stereocenters. The van der Waals surface area contributed by atoms with Crippen molar-refractivity contribution in [1.29, 1.82) is 0 Å². The number of ether oxygens (including phenoxy) is 2. The molecule has 0 atom stereocenters. The maximum atomic E-state index is 5.98. The smallest absolute Gasteiger partial charge is 0.133 e. The summed E-state index contributed by atoms with van der Waals surface area (Å²) in [6.07, 6.45) is 1.71. The number of methoxy groups -OCH3 is 2. The number of nitrogens with zero attached hydrogens (tertiary/aromatic N) is 2. The van der Waals surface area contributed by atoms with E-state index in [1.54, 1.807) is 32.1 Å². The fourth-order valence-electron chi connectivity index (χ4n) is 1.73. The van der Waals surface area contributed by atoms with E-state index < -0.39 is 0 Å². The molecule has 0 fully saturated rings. The Kier molecular flexibility index (Phi) is 3.47. The normalized spacial score (nSPS) is 10.4. The second-order valence-corrected chi connectivity index (χ2v) is 4.61. The van der Waals surface area contributed by atoms with Gasteiger partial charge in [-0.1, -0.05) is 0 Å². The lowest BCUT2D eigenvalue weighted by atomic mass is 10.1. The molecule has 18 heavy (non-hydrogen) atoms. The molecule has 0 aliphatic heterocycles. The first-order valence-corrected chi connectivity index (χ1v) is 6.07. The topological polar surface area (TPSA) is 62.3 Å². The van der Waals surface area contributed by atoms with Crippen LogP contribution in [0, 0.1) is 0 Å². The van der Waals surface area contributed by atoms with Crippen molar-refractivity contribution >= 4 is 21.7 Å². The third-order valence-corrected chi connectivity index (χ3v) is 3.37. The van der Waals surface area contributed by atoms with Gasteiger partial charge in [0.2, 0.25) is 0 Å². The monoisotopic (exact) mass is 311 g/mol. The molecule has 0 aliphatic rings. The molecule has 0 saturated carbocycles. The van der Waals surface area contributed by atoms with E-state index in [2.05, 4.69) is 21.0 Å². The van der Waals surface area contributed by atoms with Crippen LogP contribution >= 0.6 is 15.9 Å². The van der Waals surface area contributed by atoms with Crippen molar-refractivity contribution in [2.75, 3.05) is 20.0 Å². The molecule has 0 amide bonds. The van der Waals surface area contributed by atoms with Crippen molar-refractivity contribution in [1.82, 2.24) is 9.78 Å². The summed E-state index contributed by atoms with van der Waals surface area (Å²) < 4.78 is 13.1. The summed E-state index contributed by atoms with van der Waals surface area (Å²) in [5.41, 5.74) is 7.65. The number of nitrogen functional groups attached to an aromatic ring is 1. The first-order valence-electron chi connectivity index (χ1n) is 5.27. The van der Waals surface area contributed by atoms with E-state index in [0.717, 1.165) is 15.6 Å². The molecule has 96 valence electrons. The number of benzene rings is 1. The van der Waals surface area contributed by atoms with Gasteiger partial charge < -0.3 is 15.2 Å². The molecule has 5 nitrogen and oxygen atoms in total. The maximum Gasteiger partial charge on any atom is 0.133 e. The van der Waals surface area contributed by atoms with Crippen LogP contribution in [0.15, 0.2) is 22.8 Å². The second kappa shape index (κ2) is 4.89. The van der Waals surface area contributed by atoms with Gasteiger partial charge in [-0.05, 0) is 28.1 Å². The Morgan fingerprint density at radius 3 is 2.33 bits per heavy atom. The lowest BCUT2D eigenvalue weighted by Gasteiger charge is -2.11. The van der Waals surface area contributed by atoms with Gasteiger partial charge in [0.15, 0.2) is 0 Å². The fourth-order valence-corrected chi connectivity index (χ4v) is 2.21. The molecule has 0 saturated heterocycles. The Bertz CT molecular complexity index is 581. The lowest BCUT2D eigenvalue weighted by Crippen LogP contribution is -1.99. The average molecular weight is 312 g/mol. The van der Waals surface area contributed by atoms with Gasteiger partial charge in [-0.25, -0.2) is 0 Å². The second-order valence-electron chi connectivity index (χ2n) is 3.75. The summed E-state index contributed by atoms with van der Waals surface area (Å²) in [7, 11) is 5.02. The van der Waals surface area contributed by atoms with Crippen LogP contribution in [0.4, 0.5) is 5.82 Å². The molecule has 2 N–H and O–H groups in total. The van der Waals surface area contributed by atoms with Crippen molar-refractivity contribution in [3.63, 3.8) is 0 Å². The van der Waals surface area contributed by atoms with Crippen LogP contribution in [0.25, 0.3) is 11.1 Å². The number of aryl methyl sites for hydroxylation is 1. The highest BCUT2D eigenvalue weighted by molar-refractivity contribution is 9.10. The predicted molar refractivity (Wildman–Crippen MR) is 73.9 cm³/mol. The highest BCUT2D eigenvalue weighted by atomic mass is 79.9. The van der Waals surface area contributed by atoms with E-state index in [-0.39, 0.29) is 0 Å². The number of halogens is 1. The molecule has 1 aromatic carbocycles. The van der Waals surface area contributed by atoms with Crippen molar-refractivity contribution < 1.29 is 9.47 Å². The molecule has 6 heteroatoms. The predicted octanol–water partition coefficient (Wildman–Crippen LogP) is 2.45. The van der Waals surface area contributed by atoms with Crippen LogP contribution < -0.4 is 15.2 Å². The molecule has 0 spiro atoms. The van der Waals surface area contributed by atoms with Gasteiger partial charge in [0.25, 0.3) is 0 Å². The van der Waals surface area contributed by atoms with E-state index in [1.807, 2.05) is 12.1 Å². The highest BCUT2D eigenvalue weighted by Crippen LogP contribution is 2.40. The van der Waals surface area contributed by atoms with E-state index in [1.165, 1.54) is 0 Å². The SMILES string of the molecule is COc1cc(-c2cnn(C)c2N)c(OC)cc1Br. The Labute approximate surface area is 114 Å². The summed E-state index contributed by atoms with van der Waals surface area (Å²) in [6, 6.07) is 3.72. The standard InChI is InChI=1S/C12H14BrN3O2/c1-16-12(14)8(6-15-16)7-4-11(18-3)9(13)5-10(7)17-2/h4-6H,14H2,1-3H3. The summed E-state index contributed by atoms with van der Waals surface area (Å²) in [5.74, 6) is 2.01. The zero-order valence-electron chi connectivity index (χ0n) is 10.4. The fraction of sp³-hybridized carbons (Fsp3) is 0.250. The summed E-state index contributed by atoms with van der Waals surface area (Å²) in [4.78, 5) is 0. The molecule has 1 heterocycles. The van der Waals surface area contributed by atoms with Crippen LogP contribution in [0.1, 0.15) is 0 Å². The Morgan fingerprint density at radius 1 is 1.17 bits per heavy atom. The maximum absolute atomic E-state index is 5.98. The van der Waals surface area contributed by atoms with Crippen molar-refractivity contribution in [3.8, 4) is 22.6 Å². The van der Waals surface area contributed by atoms with Crippen LogP contribution in [0.3, 0.4) is 0 Å². The first kappa shape index (κ1) is 12.8. The Balaban J connectivity index is 2.65. The third kappa shape index (κ3) is 2.03. The molecule has 0 radical (unpaired) electrons. The molecule has 2 aromatic rings. The lowest BCUT2D eigenvalue weighted by molar-refractivity contribution is 0.402. The van der Waals surface area contributed by atoms with Gasteiger partial charge in [0.1, 0.15) is 17.3 Å². The summed E-state index contributed by atoms with van der Waals surface area (Å²) in [6.45, 7) is 0. The molecule has 1 aromatic heterocycles. The van der Waals surface area contributed by atoms with E-state index in [0.29, 0.717) is 17.3 Å². The van der Waals surface area contributed by atoms with Gasteiger partial charge >= 0.3 is 0 Å². The zero-order valence-corrected chi connectivity index (χ0v) is 12.0. The minimum Gasteiger partial charge on any atom is -0.496 e. The number of rotatable bonds is 3. The van der Waals surface area contributed by atoms with Gasteiger partial charge in [0.05, 0.1) is 24.9 Å². The van der Waals surface area contributed by atoms with E-state index >= 15 is 0 Å². The van der Waals surface area contributed by atoms with Crippen molar-refractivity contribution in [2.45, 2.75) is 0 Å². The largest absolute Gasteiger partial charge is 0.496 e. The Hall–Kier alpha value is -1.69. The van der Waals surface area contributed by atoms with Crippen molar-refractivity contribution in [3.05, 3.63) is 22.8 Å². The quantitative estimate of drug-likeness (QED) is 0.945. The van der Waals surface area contributed by atoms with Crippen LogP contribution in [-0.2, 0) is 7.05 Å². The molecule has 2 rings (SSSR count). The first-order chi connectivity index (χ1) is 8.58. The van der Waals surface area contributed by atoms with Crippen LogP contribution in [-0.4, -0.2) is 24.0 Å². The molecular weight excluding hydrogens is 298 g/mol.